The predicted octanol–water partition coefficient (Wildman–Crippen LogP) is 3.53. The van der Waals surface area contributed by atoms with E-state index in [9.17, 15) is 0 Å². The summed E-state index contributed by atoms with van der Waals surface area (Å²) in [5.74, 6) is 0.698. The van der Waals surface area contributed by atoms with Crippen LogP contribution in [0.15, 0.2) is 66.9 Å². The molecule has 1 heterocycles. The maximum absolute atomic E-state index is 7.18. The van der Waals surface area contributed by atoms with Crippen molar-refractivity contribution < 1.29 is 4.43 Å². The molecule has 0 saturated heterocycles. The van der Waals surface area contributed by atoms with Gasteiger partial charge in [0.2, 0.25) is 0 Å². The largest absolute Gasteiger partial charge is 0.407 e. The third-order valence-electron chi connectivity index (χ3n) is 6.61. The highest BCUT2D eigenvalue weighted by Gasteiger charge is 2.51. The number of nitrogens with zero attached hydrogens (tertiary/aromatic N) is 2. The smallest absolute Gasteiger partial charge is 0.261 e. The predicted molar refractivity (Wildman–Crippen MR) is 126 cm³/mol. The van der Waals surface area contributed by atoms with Crippen molar-refractivity contribution in [2.45, 2.75) is 44.1 Å². The normalized spacial score (nSPS) is 19.1. The second-order valence-electron chi connectivity index (χ2n) is 9.45. The summed E-state index contributed by atoms with van der Waals surface area (Å²) in [5, 5.41) is 7.14. The molecule has 158 valence electrons. The molecule has 4 nitrogen and oxygen atoms in total. The van der Waals surface area contributed by atoms with Gasteiger partial charge in [-0.05, 0) is 33.9 Å². The van der Waals surface area contributed by atoms with Gasteiger partial charge in [0.25, 0.3) is 8.32 Å². The van der Waals surface area contributed by atoms with Crippen LogP contribution in [-0.2, 0) is 11.5 Å². The summed E-state index contributed by atoms with van der Waals surface area (Å²) in [6, 6.07) is 21.7. The van der Waals surface area contributed by atoms with E-state index in [2.05, 4.69) is 86.5 Å². The molecule has 30 heavy (non-hydrogen) atoms. The molecule has 2 aromatic carbocycles. The molecule has 0 saturated carbocycles. The van der Waals surface area contributed by atoms with Crippen LogP contribution in [0, 0.1) is 0 Å². The van der Waals surface area contributed by atoms with Gasteiger partial charge in [-0.2, -0.15) is 5.10 Å². The van der Waals surface area contributed by atoms with Gasteiger partial charge in [-0.25, -0.2) is 0 Å². The monoisotopic (exact) mass is 419 g/mol. The fourth-order valence-electron chi connectivity index (χ4n) is 5.22. The highest BCUT2D eigenvalue weighted by molar-refractivity contribution is 6.99. The van der Waals surface area contributed by atoms with E-state index in [0.29, 0.717) is 25.0 Å². The van der Waals surface area contributed by atoms with Crippen LogP contribution in [0.4, 0.5) is 0 Å². The lowest BCUT2D eigenvalue weighted by atomic mass is 10.0. The Balaban J connectivity index is 1.76. The molecule has 4 rings (SSSR count). The number of rotatable bonds is 6. The van der Waals surface area contributed by atoms with Crippen LogP contribution in [0.25, 0.3) is 0 Å². The fraction of sp³-hybridized carbons (Fsp3) is 0.400. The second kappa shape index (κ2) is 8.14. The Kier molecular flexibility index (Phi) is 5.71. The van der Waals surface area contributed by atoms with Gasteiger partial charge in [0.1, 0.15) is 0 Å². The molecular weight excluding hydrogens is 386 g/mol. The van der Waals surface area contributed by atoms with Crippen LogP contribution in [0.3, 0.4) is 0 Å². The van der Waals surface area contributed by atoms with Gasteiger partial charge in [0.05, 0.1) is 6.20 Å². The molecule has 1 aliphatic rings. The summed E-state index contributed by atoms with van der Waals surface area (Å²) in [6.45, 7) is 8.33. The molecule has 1 aliphatic carbocycles. The average molecular weight is 420 g/mol. The molecule has 0 aliphatic heterocycles. The van der Waals surface area contributed by atoms with Crippen molar-refractivity contribution in [1.82, 2.24) is 9.78 Å². The Morgan fingerprint density at radius 1 is 1.00 bits per heavy atom. The Labute approximate surface area is 181 Å². The van der Waals surface area contributed by atoms with Gasteiger partial charge in [-0.1, -0.05) is 81.4 Å². The van der Waals surface area contributed by atoms with Crippen LogP contribution >= 0.6 is 0 Å². The van der Waals surface area contributed by atoms with Crippen LogP contribution in [0.2, 0.25) is 5.04 Å². The lowest BCUT2D eigenvalue weighted by Crippen LogP contribution is -2.66. The quantitative estimate of drug-likeness (QED) is 0.622. The molecule has 0 fully saturated rings. The van der Waals surface area contributed by atoms with Gasteiger partial charge in [-0.15, -0.1) is 0 Å². The molecule has 2 N–H and O–H groups in total. The van der Waals surface area contributed by atoms with E-state index in [4.69, 9.17) is 10.2 Å². The molecule has 0 spiro atoms. The molecule has 0 radical (unpaired) electrons. The fourth-order valence-corrected chi connectivity index (χ4v) is 9.82. The third kappa shape index (κ3) is 3.45. The number of hydrogen-bond donors (Lipinski definition) is 1. The standard InChI is InChI=1S/C25H33N3OSi/c1-25(2,3)30(21-11-7-5-8-12-21,22-13-9-6-10-14-22)29-18-20-15-19(16-26)23-17-27-28(4)24(20)23/h5-14,17,19-20H,15-16,18,26H2,1-4H3. The van der Waals surface area contributed by atoms with Crippen LogP contribution in [0.1, 0.15) is 50.3 Å². The first-order valence-electron chi connectivity index (χ1n) is 10.9. The summed E-state index contributed by atoms with van der Waals surface area (Å²) in [6.07, 6.45) is 3.03. The Hall–Kier alpha value is -2.21. The van der Waals surface area contributed by atoms with Crippen molar-refractivity contribution >= 4 is 18.7 Å². The number of fused-ring (bicyclic) bond motifs is 1. The van der Waals surface area contributed by atoms with Crippen LogP contribution in [0.5, 0.6) is 0 Å². The summed E-state index contributed by atoms with van der Waals surface area (Å²) in [4.78, 5) is 0. The van der Waals surface area contributed by atoms with Crippen molar-refractivity contribution in [3.63, 3.8) is 0 Å². The van der Waals surface area contributed by atoms with E-state index in [-0.39, 0.29) is 5.04 Å². The molecule has 2 atom stereocenters. The number of benzene rings is 2. The van der Waals surface area contributed by atoms with Crippen LogP contribution < -0.4 is 16.1 Å². The molecule has 3 aromatic rings. The molecule has 0 amide bonds. The van der Waals surface area contributed by atoms with Crippen molar-refractivity contribution in [3.05, 3.63) is 78.1 Å². The van der Waals surface area contributed by atoms with Gasteiger partial charge in [-0.3, -0.25) is 4.68 Å². The van der Waals surface area contributed by atoms with Crippen LogP contribution in [-0.4, -0.2) is 31.2 Å². The summed E-state index contributed by atoms with van der Waals surface area (Å²) < 4.78 is 9.20. The first-order chi connectivity index (χ1) is 14.4. The number of aromatic nitrogens is 2. The highest BCUT2D eigenvalue weighted by atomic mass is 28.4. The topological polar surface area (TPSA) is 53.1 Å². The zero-order valence-corrected chi connectivity index (χ0v) is 19.5. The SMILES string of the molecule is Cn1ncc2c1C(CO[Si](c1ccccc1)(c1ccccc1)C(C)(C)C)CC2CN. The Morgan fingerprint density at radius 2 is 1.57 bits per heavy atom. The summed E-state index contributed by atoms with van der Waals surface area (Å²) in [7, 11) is -0.493. The van der Waals surface area contributed by atoms with Gasteiger partial charge in [0, 0.05) is 31.2 Å². The lowest BCUT2D eigenvalue weighted by Gasteiger charge is -2.43. The van der Waals surface area contributed by atoms with E-state index in [1.807, 2.05) is 17.9 Å². The molecule has 0 bridgehead atoms. The first-order valence-corrected chi connectivity index (χ1v) is 12.8. The average Bonchev–Trinajstić information content (AvgIpc) is 3.30. The lowest BCUT2D eigenvalue weighted by molar-refractivity contribution is 0.262. The second-order valence-corrected chi connectivity index (χ2v) is 13.8. The highest BCUT2D eigenvalue weighted by Crippen LogP contribution is 2.43. The Bertz CT molecular complexity index is 939. The summed E-state index contributed by atoms with van der Waals surface area (Å²) >= 11 is 0. The van der Waals surface area contributed by atoms with E-state index in [1.165, 1.54) is 21.6 Å². The molecule has 5 heteroatoms. The number of hydrogen-bond acceptors (Lipinski definition) is 3. The van der Waals surface area contributed by atoms with Crippen molar-refractivity contribution in [3.8, 4) is 0 Å². The summed E-state index contributed by atoms with van der Waals surface area (Å²) in [5.41, 5.74) is 8.68. The van der Waals surface area contributed by atoms with Gasteiger partial charge < -0.3 is 10.2 Å². The van der Waals surface area contributed by atoms with Crippen molar-refractivity contribution in [2.75, 3.05) is 13.2 Å². The van der Waals surface area contributed by atoms with E-state index < -0.39 is 8.32 Å². The Morgan fingerprint density at radius 3 is 2.07 bits per heavy atom. The maximum atomic E-state index is 7.18. The van der Waals surface area contributed by atoms with Gasteiger partial charge >= 0.3 is 0 Å². The molecule has 1 aromatic heterocycles. The zero-order valence-electron chi connectivity index (χ0n) is 18.5. The number of nitrogens with two attached hydrogens (primary N) is 1. The van der Waals surface area contributed by atoms with Gasteiger partial charge in [0.15, 0.2) is 0 Å². The third-order valence-corrected chi connectivity index (χ3v) is 11.6. The minimum Gasteiger partial charge on any atom is -0.407 e. The molecule has 2 unspecified atom stereocenters. The van der Waals surface area contributed by atoms with E-state index in [1.54, 1.807) is 0 Å². The van der Waals surface area contributed by atoms with E-state index >= 15 is 0 Å². The van der Waals surface area contributed by atoms with Crippen molar-refractivity contribution in [2.24, 2.45) is 12.8 Å². The minimum atomic E-state index is -2.53. The minimum absolute atomic E-state index is 0.0170. The van der Waals surface area contributed by atoms with E-state index in [0.717, 1.165) is 6.42 Å². The zero-order chi connectivity index (χ0) is 21.4. The molecular formula is C25H33N3OSi. The first kappa shape index (κ1) is 21.0. The maximum Gasteiger partial charge on any atom is 0.261 e. The number of aryl methyl sites for hydroxylation is 1. The van der Waals surface area contributed by atoms with Crippen molar-refractivity contribution in [1.29, 1.82) is 0 Å².